The number of para-hydroxylation sites is 1. The fraction of sp³-hybridized carbons (Fsp3) is 0.259. The molecule has 0 heterocycles. The average molecular weight is 447 g/mol. The first kappa shape index (κ1) is 23.5. The van der Waals surface area contributed by atoms with Gasteiger partial charge in [0, 0.05) is 16.8 Å². The van der Waals surface area contributed by atoms with Gasteiger partial charge in [-0.3, -0.25) is 4.79 Å². The van der Waals surface area contributed by atoms with E-state index in [1.807, 2.05) is 85.8 Å². The quantitative estimate of drug-likeness (QED) is 0.346. The molecular weight excluding hydrogens is 416 g/mol. The molecule has 0 amide bonds. The minimum atomic E-state index is -0.0161. The second-order valence-electron chi connectivity index (χ2n) is 8.86. The van der Waals surface area contributed by atoms with Crippen molar-refractivity contribution in [3.05, 3.63) is 95.6 Å². The number of ketones is 1. The van der Waals surface area contributed by atoms with E-state index < -0.39 is 0 Å². The van der Waals surface area contributed by atoms with Crippen molar-refractivity contribution < 1.29 is 9.53 Å². The summed E-state index contributed by atoms with van der Waals surface area (Å²) in [4.78, 5) is 13.0. The van der Waals surface area contributed by atoms with Gasteiger partial charge < -0.3 is 15.4 Å². The summed E-state index contributed by atoms with van der Waals surface area (Å²) in [5.74, 6) is 0.805. The van der Waals surface area contributed by atoms with Gasteiger partial charge in [-0.15, -0.1) is 0 Å². The number of hydrogen-bond donors (Lipinski definition) is 2. The van der Waals surface area contributed by atoms with E-state index >= 15 is 0 Å². The number of thiocarbonyl (C=S) groups is 1. The van der Waals surface area contributed by atoms with Crippen molar-refractivity contribution in [1.29, 1.82) is 0 Å². The fourth-order valence-electron chi connectivity index (χ4n) is 3.20. The first-order valence-corrected chi connectivity index (χ1v) is 11.1. The highest BCUT2D eigenvalue weighted by Crippen LogP contribution is 2.23. The Morgan fingerprint density at radius 3 is 2.28 bits per heavy atom. The molecule has 0 saturated carbocycles. The Bertz CT molecular complexity index is 1060. The molecular formula is C27H30N2O2S. The van der Waals surface area contributed by atoms with Gasteiger partial charge in [-0.05, 0) is 54.4 Å². The zero-order valence-electron chi connectivity index (χ0n) is 19.0. The maximum atomic E-state index is 13.0. The van der Waals surface area contributed by atoms with Gasteiger partial charge in [0.25, 0.3) is 0 Å². The van der Waals surface area contributed by atoms with Gasteiger partial charge in [0.15, 0.2) is 10.9 Å². The molecule has 0 aliphatic heterocycles. The summed E-state index contributed by atoms with van der Waals surface area (Å²) in [6.45, 7) is 8.95. The molecule has 1 unspecified atom stereocenters. The lowest BCUT2D eigenvalue weighted by Crippen LogP contribution is -2.39. The molecule has 0 spiro atoms. The molecule has 0 aliphatic rings. The lowest BCUT2D eigenvalue weighted by molar-refractivity contribution is 0.103. The summed E-state index contributed by atoms with van der Waals surface area (Å²) in [5.41, 5.74) is 3.29. The van der Waals surface area contributed by atoms with Crippen LogP contribution in [0.5, 0.6) is 5.75 Å². The zero-order chi connectivity index (χ0) is 23.1. The third-order valence-electron chi connectivity index (χ3n) is 5.02. The Hall–Kier alpha value is -3.18. The molecule has 5 heteroatoms. The highest BCUT2D eigenvalue weighted by molar-refractivity contribution is 7.80. The molecule has 0 fully saturated rings. The summed E-state index contributed by atoms with van der Waals surface area (Å²) in [7, 11) is 0. The van der Waals surface area contributed by atoms with E-state index in [-0.39, 0.29) is 17.2 Å². The summed E-state index contributed by atoms with van der Waals surface area (Å²) in [5, 5.41) is 6.85. The van der Waals surface area contributed by atoms with Gasteiger partial charge in [-0.1, -0.05) is 75.4 Å². The predicted molar refractivity (Wildman–Crippen MR) is 136 cm³/mol. The van der Waals surface area contributed by atoms with Crippen LogP contribution in [0.1, 0.15) is 49.2 Å². The molecule has 0 radical (unpaired) electrons. The second-order valence-corrected chi connectivity index (χ2v) is 9.27. The number of hydrogen-bond acceptors (Lipinski definition) is 3. The number of anilines is 1. The SMILES string of the molecule is CC(COc1ccccc1)NC(=S)Nc1cccc(C(=O)c2ccc(C(C)(C)C)cc2)c1. The minimum absolute atomic E-state index is 0.0151. The molecule has 2 N–H and O–H groups in total. The molecule has 3 aromatic carbocycles. The van der Waals surface area contributed by atoms with Crippen molar-refractivity contribution in [1.82, 2.24) is 5.32 Å². The van der Waals surface area contributed by atoms with Crippen LogP contribution in [0.4, 0.5) is 5.69 Å². The Kier molecular flexibility index (Phi) is 7.65. The van der Waals surface area contributed by atoms with E-state index in [9.17, 15) is 4.79 Å². The van der Waals surface area contributed by atoms with Gasteiger partial charge in [-0.25, -0.2) is 0 Å². The molecule has 4 nitrogen and oxygen atoms in total. The predicted octanol–water partition coefficient (Wildman–Crippen LogP) is 5.97. The molecule has 0 aromatic heterocycles. The standard InChI is InChI=1S/C27H30N2O2S/c1-19(18-31-24-11-6-5-7-12-24)28-26(32)29-23-10-8-9-21(17-23)25(30)20-13-15-22(16-14-20)27(2,3)4/h5-17,19H,18H2,1-4H3,(H2,28,29,32). The number of carbonyl (C=O) groups excluding carboxylic acids is 1. The van der Waals surface area contributed by atoms with Crippen LogP contribution < -0.4 is 15.4 Å². The lowest BCUT2D eigenvalue weighted by Gasteiger charge is -2.19. The van der Waals surface area contributed by atoms with Crippen LogP contribution in [0.25, 0.3) is 0 Å². The Balaban J connectivity index is 1.58. The first-order chi connectivity index (χ1) is 15.2. The topological polar surface area (TPSA) is 50.4 Å². The van der Waals surface area contributed by atoms with E-state index in [4.69, 9.17) is 17.0 Å². The van der Waals surface area contributed by atoms with Gasteiger partial charge >= 0.3 is 0 Å². The van der Waals surface area contributed by atoms with E-state index in [0.717, 1.165) is 11.4 Å². The van der Waals surface area contributed by atoms with Crippen LogP contribution in [-0.4, -0.2) is 23.5 Å². The van der Waals surface area contributed by atoms with E-state index in [1.165, 1.54) is 5.56 Å². The van der Waals surface area contributed by atoms with Gasteiger partial charge in [0.2, 0.25) is 0 Å². The van der Waals surface area contributed by atoms with Gasteiger partial charge in [-0.2, -0.15) is 0 Å². The summed E-state index contributed by atoms with van der Waals surface area (Å²) in [6.07, 6.45) is 0. The number of nitrogens with one attached hydrogen (secondary N) is 2. The molecule has 0 aliphatic carbocycles. The monoisotopic (exact) mass is 446 g/mol. The molecule has 32 heavy (non-hydrogen) atoms. The molecule has 0 saturated heterocycles. The highest BCUT2D eigenvalue weighted by Gasteiger charge is 2.15. The first-order valence-electron chi connectivity index (χ1n) is 10.7. The zero-order valence-corrected chi connectivity index (χ0v) is 19.8. The molecule has 1 atom stereocenters. The smallest absolute Gasteiger partial charge is 0.193 e. The summed E-state index contributed by atoms with van der Waals surface area (Å²) < 4.78 is 5.75. The third kappa shape index (κ3) is 6.66. The van der Waals surface area contributed by atoms with Crippen molar-refractivity contribution in [3.8, 4) is 5.75 Å². The van der Waals surface area contributed by atoms with Crippen LogP contribution >= 0.6 is 12.2 Å². The highest BCUT2D eigenvalue weighted by atomic mass is 32.1. The number of carbonyl (C=O) groups is 1. The van der Waals surface area contributed by atoms with E-state index in [0.29, 0.717) is 22.8 Å². The largest absolute Gasteiger partial charge is 0.491 e. The van der Waals surface area contributed by atoms with Crippen molar-refractivity contribution in [2.75, 3.05) is 11.9 Å². The molecule has 166 valence electrons. The van der Waals surface area contributed by atoms with Gasteiger partial charge in [0.1, 0.15) is 12.4 Å². The van der Waals surface area contributed by atoms with Crippen LogP contribution in [0.2, 0.25) is 0 Å². The van der Waals surface area contributed by atoms with Crippen LogP contribution in [0, 0.1) is 0 Å². The maximum absolute atomic E-state index is 13.0. The molecule has 3 aromatic rings. The van der Waals surface area contributed by atoms with Crippen molar-refractivity contribution in [2.24, 2.45) is 0 Å². The second kappa shape index (κ2) is 10.4. The van der Waals surface area contributed by atoms with E-state index in [1.54, 1.807) is 0 Å². The maximum Gasteiger partial charge on any atom is 0.193 e. The minimum Gasteiger partial charge on any atom is -0.491 e. The number of rotatable bonds is 7. The van der Waals surface area contributed by atoms with Crippen molar-refractivity contribution in [3.63, 3.8) is 0 Å². The van der Waals surface area contributed by atoms with Crippen molar-refractivity contribution >= 4 is 28.8 Å². The van der Waals surface area contributed by atoms with Crippen LogP contribution in [0.3, 0.4) is 0 Å². The lowest BCUT2D eigenvalue weighted by atomic mass is 9.86. The fourth-order valence-corrected chi connectivity index (χ4v) is 3.52. The van der Waals surface area contributed by atoms with Crippen LogP contribution in [0.15, 0.2) is 78.9 Å². The summed E-state index contributed by atoms with van der Waals surface area (Å²) in [6, 6.07) is 24.9. The number of benzene rings is 3. The summed E-state index contributed by atoms with van der Waals surface area (Å²) >= 11 is 5.43. The molecule has 3 rings (SSSR count). The Labute approximate surface area is 196 Å². The normalized spacial score (nSPS) is 12.0. The Morgan fingerprint density at radius 1 is 0.938 bits per heavy atom. The van der Waals surface area contributed by atoms with Crippen molar-refractivity contribution in [2.45, 2.75) is 39.2 Å². The van der Waals surface area contributed by atoms with Gasteiger partial charge in [0.05, 0.1) is 6.04 Å². The average Bonchev–Trinajstić information content (AvgIpc) is 2.77. The number of ether oxygens (including phenoxy) is 1. The third-order valence-corrected chi connectivity index (χ3v) is 5.24. The van der Waals surface area contributed by atoms with Crippen LogP contribution in [-0.2, 0) is 5.41 Å². The molecule has 0 bridgehead atoms. The Morgan fingerprint density at radius 2 is 1.62 bits per heavy atom. The van der Waals surface area contributed by atoms with E-state index in [2.05, 4.69) is 31.4 Å².